The van der Waals surface area contributed by atoms with Gasteiger partial charge in [0.2, 0.25) is 0 Å². The van der Waals surface area contributed by atoms with Crippen LogP contribution in [0.15, 0.2) is 30.6 Å². The van der Waals surface area contributed by atoms with Crippen LogP contribution >= 0.6 is 11.3 Å². The minimum absolute atomic E-state index is 0.885. The summed E-state index contributed by atoms with van der Waals surface area (Å²) >= 11 is 1.74. The molecule has 0 atom stereocenters. The normalized spacial score (nSPS) is 10.9. The number of fused-ring (bicyclic) bond motifs is 1. The molecule has 3 rings (SSSR count). The number of nitrogens with zero attached hydrogens (tertiary/aromatic N) is 2. The molecule has 102 valence electrons. The maximum atomic E-state index is 4.39. The van der Waals surface area contributed by atoms with Crippen LogP contribution < -0.4 is 5.32 Å². The molecule has 1 aromatic carbocycles. The lowest BCUT2D eigenvalue weighted by Gasteiger charge is -2.08. The largest absolute Gasteiger partial charge is 0.340 e. The maximum absolute atomic E-state index is 4.39. The Hall–Kier alpha value is -1.94. The van der Waals surface area contributed by atoms with Crippen LogP contribution in [0.25, 0.3) is 10.2 Å². The molecule has 0 spiro atoms. The van der Waals surface area contributed by atoms with Crippen LogP contribution in [0.3, 0.4) is 0 Å². The zero-order valence-electron chi connectivity index (χ0n) is 11.9. The third-order valence-electron chi connectivity index (χ3n) is 3.21. The number of nitrogens with one attached hydrogen (secondary N) is 1. The molecular weight excluding hydrogens is 266 g/mol. The molecule has 0 radical (unpaired) electrons. The van der Waals surface area contributed by atoms with Crippen molar-refractivity contribution < 1.29 is 0 Å². The Bertz CT molecular complexity index is 741. The van der Waals surface area contributed by atoms with Crippen LogP contribution in [0.4, 0.5) is 11.5 Å². The molecule has 0 bridgehead atoms. The number of aryl methyl sites for hydroxylation is 3. The lowest BCUT2D eigenvalue weighted by molar-refractivity contribution is 1.19. The van der Waals surface area contributed by atoms with Gasteiger partial charge in [-0.2, -0.15) is 0 Å². The highest BCUT2D eigenvalue weighted by molar-refractivity contribution is 7.18. The molecule has 0 aliphatic rings. The van der Waals surface area contributed by atoms with Crippen molar-refractivity contribution in [3.05, 3.63) is 46.6 Å². The molecule has 0 fully saturated rings. The van der Waals surface area contributed by atoms with Crippen LogP contribution in [0.2, 0.25) is 0 Å². The number of thiophene rings is 1. The maximum Gasteiger partial charge on any atom is 0.142 e. The number of aromatic nitrogens is 2. The lowest BCUT2D eigenvalue weighted by atomic mass is 10.1. The monoisotopic (exact) mass is 283 g/mol. The molecule has 0 amide bonds. The number of hydrogen-bond acceptors (Lipinski definition) is 4. The van der Waals surface area contributed by atoms with Crippen LogP contribution in [-0.2, 0) is 6.42 Å². The molecule has 1 N–H and O–H groups in total. The number of hydrogen-bond donors (Lipinski definition) is 1. The second-order valence-electron chi connectivity index (χ2n) is 5.01. The zero-order valence-corrected chi connectivity index (χ0v) is 12.7. The van der Waals surface area contributed by atoms with Gasteiger partial charge in [-0.3, -0.25) is 0 Å². The summed E-state index contributed by atoms with van der Waals surface area (Å²) in [6.07, 6.45) is 2.66. The van der Waals surface area contributed by atoms with E-state index in [1.54, 1.807) is 17.7 Å². The summed E-state index contributed by atoms with van der Waals surface area (Å²) in [6, 6.07) is 8.62. The van der Waals surface area contributed by atoms with Crippen molar-refractivity contribution in [3.8, 4) is 0 Å². The number of anilines is 2. The smallest absolute Gasteiger partial charge is 0.142 e. The molecule has 0 saturated heterocycles. The molecule has 20 heavy (non-hydrogen) atoms. The van der Waals surface area contributed by atoms with Gasteiger partial charge in [-0.25, -0.2) is 9.97 Å². The SMILES string of the molecule is CCc1cc2c(Nc3cc(C)cc(C)c3)ncnc2s1. The van der Waals surface area contributed by atoms with Crippen molar-refractivity contribution >= 4 is 33.1 Å². The quantitative estimate of drug-likeness (QED) is 0.762. The van der Waals surface area contributed by atoms with Crippen LogP contribution in [0.5, 0.6) is 0 Å². The first-order chi connectivity index (χ1) is 9.65. The van der Waals surface area contributed by atoms with Gasteiger partial charge in [0, 0.05) is 10.6 Å². The molecular formula is C16H17N3S. The van der Waals surface area contributed by atoms with Crippen molar-refractivity contribution in [2.24, 2.45) is 0 Å². The van der Waals surface area contributed by atoms with E-state index < -0.39 is 0 Å². The molecule has 2 heterocycles. The molecule has 0 saturated carbocycles. The van der Waals surface area contributed by atoms with E-state index in [9.17, 15) is 0 Å². The predicted octanol–water partition coefficient (Wildman–Crippen LogP) is 4.61. The van der Waals surface area contributed by atoms with E-state index in [4.69, 9.17) is 0 Å². The van der Waals surface area contributed by atoms with E-state index in [1.165, 1.54) is 16.0 Å². The van der Waals surface area contributed by atoms with Crippen LogP contribution in [-0.4, -0.2) is 9.97 Å². The Morgan fingerprint density at radius 3 is 2.50 bits per heavy atom. The van der Waals surface area contributed by atoms with Gasteiger partial charge in [-0.15, -0.1) is 11.3 Å². The van der Waals surface area contributed by atoms with Gasteiger partial charge in [0.1, 0.15) is 17.0 Å². The van der Waals surface area contributed by atoms with Crippen LogP contribution in [0, 0.1) is 13.8 Å². The van der Waals surface area contributed by atoms with Gasteiger partial charge in [-0.1, -0.05) is 13.0 Å². The fourth-order valence-corrected chi connectivity index (χ4v) is 3.30. The standard InChI is InChI=1S/C16H17N3S/c1-4-13-8-14-15(17-9-18-16(14)20-13)19-12-6-10(2)5-11(3)7-12/h5-9H,4H2,1-3H3,(H,17,18,19). The minimum Gasteiger partial charge on any atom is -0.340 e. The van der Waals surface area contributed by atoms with E-state index in [-0.39, 0.29) is 0 Å². The molecule has 3 aromatic rings. The fourth-order valence-electron chi connectivity index (χ4n) is 2.36. The third kappa shape index (κ3) is 2.51. The average molecular weight is 283 g/mol. The third-order valence-corrected chi connectivity index (χ3v) is 4.40. The summed E-state index contributed by atoms with van der Waals surface area (Å²) in [4.78, 5) is 11.1. The highest BCUT2D eigenvalue weighted by Crippen LogP contribution is 2.30. The van der Waals surface area contributed by atoms with Gasteiger partial charge >= 0.3 is 0 Å². The average Bonchev–Trinajstić information content (AvgIpc) is 2.81. The van der Waals surface area contributed by atoms with Gasteiger partial charge in [0.25, 0.3) is 0 Å². The van der Waals surface area contributed by atoms with Crippen LogP contribution in [0.1, 0.15) is 22.9 Å². The summed E-state index contributed by atoms with van der Waals surface area (Å²) in [5, 5.41) is 4.53. The molecule has 0 aliphatic carbocycles. The predicted molar refractivity (Wildman–Crippen MR) is 86.0 cm³/mol. The Labute approximate surface area is 122 Å². The van der Waals surface area contributed by atoms with Gasteiger partial charge in [-0.05, 0) is 49.6 Å². The van der Waals surface area contributed by atoms with Crippen molar-refractivity contribution in [3.63, 3.8) is 0 Å². The van der Waals surface area contributed by atoms with Gasteiger partial charge < -0.3 is 5.32 Å². The zero-order chi connectivity index (χ0) is 14.1. The molecule has 3 nitrogen and oxygen atoms in total. The number of rotatable bonds is 3. The Kier molecular flexibility index (Phi) is 3.40. The number of benzene rings is 1. The second kappa shape index (κ2) is 5.21. The first-order valence-electron chi connectivity index (χ1n) is 6.74. The molecule has 4 heteroatoms. The van der Waals surface area contributed by atoms with Crippen molar-refractivity contribution in [1.29, 1.82) is 0 Å². The Balaban J connectivity index is 2.03. The van der Waals surface area contributed by atoms with E-state index in [0.717, 1.165) is 28.1 Å². The molecule has 0 unspecified atom stereocenters. The minimum atomic E-state index is 0.885. The first-order valence-corrected chi connectivity index (χ1v) is 7.56. The summed E-state index contributed by atoms with van der Waals surface area (Å²) in [7, 11) is 0. The summed E-state index contributed by atoms with van der Waals surface area (Å²) in [6.45, 7) is 6.37. The fraction of sp³-hybridized carbons (Fsp3) is 0.250. The van der Waals surface area contributed by atoms with E-state index in [1.807, 2.05) is 0 Å². The van der Waals surface area contributed by atoms with E-state index >= 15 is 0 Å². The van der Waals surface area contributed by atoms with Crippen molar-refractivity contribution in [1.82, 2.24) is 9.97 Å². The van der Waals surface area contributed by atoms with Crippen molar-refractivity contribution in [2.45, 2.75) is 27.2 Å². The molecule has 0 aliphatic heterocycles. The molecule has 2 aromatic heterocycles. The van der Waals surface area contributed by atoms with Gasteiger partial charge in [0.05, 0.1) is 5.39 Å². The first kappa shape index (κ1) is 13.1. The van der Waals surface area contributed by atoms with Crippen molar-refractivity contribution in [2.75, 3.05) is 5.32 Å². The lowest BCUT2D eigenvalue weighted by Crippen LogP contribution is -1.95. The summed E-state index contributed by atoms with van der Waals surface area (Å²) < 4.78 is 0. The van der Waals surface area contributed by atoms with E-state index in [0.29, 0.717) is 0 Å². The highest BCUT2D eigenvalue weighted by atomic mass is 32.1. The second-order valence-corrected chi connectivity index (χ2v) is 6.12. The Morgan fingerprint density at radius 1 is 1.05 bits per heavy atom. The summed E-state index contributed by atoms with van der Waals surface area (Å²) in [5.74, 6) is 0.885. The Morgan fingerprint density at radius 2 is 1.80 bits per heavy atom. The van der Waals surface area contributed by atoms with E-state index in [2.05, 4.69) is 60.3 Å². The topological polar surface area (TPSA) is 37.8 Å². The highest BCUT2D eigenvalue weighted by Gasteiger charge is 2.08. The van der Waals surface area contributed by atoms with Gasteiger partial charge in [0.15, 0.2) is 0 Å². The summed E-state index contributed by atoms with van der Waals surface area (Å²) in [5.41, 5.74) is 3.57.